The molecule has 15 heavy (non-hydrogen) atoms. The number of para-hydroxylation sites is 1. The molecule has 0 aliphatic heterocycles. The summed E-state index contributed by atoms with van der Waals surface area (Å²) >= 11 is 0. The number of hydrogen-bond donors (Lipinski definition) is 2. The molecule has 2 N–H and O–H groups in total. The number of fused-ring (bicyclic) bond motifs is 1. The number of aliphatic hydroxyl groups excluding tert-OH is 1. The molecule has 0 bridgehead atoms. The van der Waals surface area contributed by atoms with Crippen LogP contribution in [-0.4, -0.2) is 16.7 Å². The van der Waals surface area contributed by atoms with E-state index in [1.165, 1.54) is 29.4 Å². The minimum absolute atomic E-state index is 0.195. The molecule has 1 aromatic carbocycles. The summed E-state index contributed by atoms with van der Waals surface area (Å²) in [7, 11) is 0. The van der Waals surface area contributed by atoms with Crippen LogP contribution in [0.15, 0.2) is 30.3 Å². The number of hydrogen-bond acceptors (Lipinski definition) is 1. The summed E-state index contributed by atoms with van der Waals surface area (Å²) in [5.41, 5.74) is 2.64. The number of aromatic amines is 1. The van der Waals surface area contributed by atoms with Crippen molar-refractivity contribution in [3.05, 3.63) is 36.0 Å². The van der Waals surface area contributed by atoms with Crippen LogP contribution in [0.25, 0.3) is 10.9 Å². The van der Waals surface area contributed by atoms with Gasteiger partial charge in [0.15, 0.2) is 0 Å². The Morgan fingerprint density at radius 1 is 1.27 bits per heavy atom. The van der Waals surface area contributed by atoms with E-state index in [0.717, 1.165) is 6.42 Å². The molecule has 2 nitrogen and oxygen atoms in total. The Morgan fingerprint density at radius 3 is 2.73 bits per heavy atom. The average molecular weight is 201 g/mol. The molecule has 2 aromatic rings. The second-order valence-electron chi connectivity index (χ2n) is 4.72. The van der Waals surface area contributed by atoms with Crippen molar-refractivity contribution in [1.82, 2.24) is 4.98 Å². The van der Waals surface area contributed by atoms with Gasteiger partial charge in [-0.25, -0.2) is 0 Å². The summed E-state index contributed by atoms with van der Waals surface area (Å²) < 4.78 is 0. The molecule has 78 valence electrons. The topological polar surface area (TPSA) is 36.0 Å². The molecule has 3 rings (SSSR count). The van der Waals surface area contributed by atoms with Crippen LogP contribution in [0, 0.1) is 5.41 Å². The molecular formula is C13H15NO. The molecule has 0 unspecified atom stereocenters. The molecule has 0 spiro atoms. The zero-order chi connectivity index (χ0) is 10.3. The van der Waals surface area contributed by atoms with Crippen molar-refractivity contribution in [1.29, 1.82) is 0 Å². The van der Waals surface area contributed by atoms with Crippen LogP contribution in [0.5, 0.6) is 0 Å². The third kappa shape index (κ3) is 1.55. The minimum atomic E-state index is 0.195. The summed E-state index contributed by atoms with van der Waals surface area (Å²) in [4.78, 5) is 3.41. The van der Waals surface area contributed by atoms with Crippen LogP contribution in [-0.2, 0) is 6.42 Å². The fraction of sp³-hybridized carbons (Fsp3) is 0.385. The lowest BCUT2D eigenvalue weighted by molar-refractivity contribution is 0.210. The molecule has 1 aliphatic carbocycles. The van der Waals surface area contributed by atoms with Gasteiger partial charge in [0.05, 0.1) is 0 Å². The minimum Gasteiger partial charge on any atom is -0.396 e. The van der Waals surface area contributed by atoms with Gasteiger partial charge < -0.3 is 10.1 Å². The van der Waals surface area contributed by atoms with E-state index in [-0.39, 0.29) is 5.41 Å². The zero-order valence-corrected chi connectivity index (χ0v) is 8.66. The third-order valence-electron chi connectivity index (χ3n) is 3.44. The average Bonchev–Trinajstić information content (AvgIpc) is 2.91. The van der Waals surface area contributed by atoms with Crippen LogP contribution in [0.4, 0.5) is 0 Å². The molecule has 1 saturated carbocycles. The van der Waals surface area contributed by atoms with Crippen molar-refractivity contribution in [2.75, 3.05) is 6.61 Å². The molecule has 1 aliphatic rings. The first-order chi connectivity index (χ1) is 7.31. The second-order valence-corrected chi connectivity index (χ2v) is 4.72. The van der Waals surface area contributed by atoms with E-state index >= 15 is 0 Å². The molecular weight excluding hydrogens is 186 g/mol. The van der Waals surface area contributed by atoms with Gasteiger partial charge in [0.1, 0.15) is 0 Å². The van der Waals surface area contributed by atoms with Crippen molar-refractivity contribution >= 4 is 10.9 Å². The molecule has 1 aromatic heterocycles. The van der Waals surface area contributed by atoms with Crippen LogP contribution in [0.3, 0.4) is 0 Å². The number of aliphatic hydroxyl groups is 1. The van der Waals surface area contributed by atoms with Gasteiger partial charge in [-0.15, -0.1) is 0 Å². The maximum atomic E-state index is 9.28. The highest BCUT2D eigenvalue weighted by Crippen LogP contribution is 2.47. The molecule has 2 heteroatoms. The SMILES string of the molecule is OCC1(Cc2cc3ccccc3[nH]2)CC1. The Bertz CT molecular complexity index is 449. The predicted molar refractivity (Wildman–Crippen MR) is 60.8 cm³/mol. The van der Waals surface area contributed by atoms with Gasteiger partial charge in [0, 0.05) is 17.8 Å². The molecule has 0 amide bonds. The van der Waals surface area contributed by atoms with E-state index in [1.807, 2.05) is 6.07 Å². The predicted octanol–water partition coefficient (Wildman–Crippen LogP) is 2.48. The van der Waals surface area contributed by atoms with Gasteiger partial charge in [-0.05, 0) is 42.2 Å². The van der Waals surface area contributed by atoms with Crippen molar-refractivity contribution in [3.63, 3.8) is 0 Å². The lowest BCUT2D eigenvalue weighted by Crippen LogP contribution is -2.10. The smallest absolute Gasteiger partial charge is 0.0491 e. The van der Waals surface area contributed by atoms with Crippen molar-refractivity contribution in [2.45, 2.75) is 19.3 Å². The van der Waals surface area contributed by atoms with Gasteiger partial charge in [-0.2, -0.15) is 0 Å². The van der Waals surface area contributed by atoms with Gasteiger partial charge in [0.25, 0.3) is 0 Å². The zero-order valence-electron chi connectivity index (χ0n) is 8.66. The summed E-state index contributed by atoms with van der Waals surface area (Å²) in [5.74, 6) is 0. The lowest BCUT2D eigenvalue weighted by Gasteiger charge is -2.08. The highest BCUT2D eigenvalue weighted by molar-refractivity contribution is 5.80. The Labute approximate surface area is 88.9 Å². The molecule has 0 atom stereocenters. The Morgan fingerprint density at radius 2 is 2.07 bits per heavy atom. The number of benzene rings is 1. The van der Waals surface area contributed by atoms with Crippen LogP contribution in [0.2, 0.25) is 0 Å². The molecule has 0 radical (unpaired) electrons. The Balaban J connectivity index is 1.92. The number of H-pyrrole nitrogens is 1. The maximum absolute atomic E-state index is 9.28. The van der Waals surface area contributed by atoms with E-state index in [4.69, 9.17) is 0 Å². The van der Waals surface area contributed by atoms with Crippen LogP contribution < -0.4 is 0 Å². The summed E-state index contributed by atoms with van der Waals surface area (Å²) in [6, 6.07) is 10.5. The van der Waals surface area contributed by atoms with Crippen molar-refractivity contribution in [3.8, 4) is 0 Å². The van der Waals surface area contributed by atoms with Crippen LogP contribution >= 0.6 is 0 Å². The quantitative estimate of drug-likeness (QED) is 0.786. The third-order valence-corrected chi connectivity index (χ3v) is 3.44. The fourth-order valence-electron chi connectivity index (χ4n) is 2.20. The monoisotopic (exact) mass is 201 g/mol. The standard InChI is InChI=1S/C13H15NO/c15-9-13(5-6-13)8-11-7-10-3-1-2-4-12(10)14-11/h1-4,7,14-15H,5-6,8-9H2. The van der Waals surface area contributed by atoms with Gasteiger partial charge in [-0.1, -0.05) is 18.2 Å². The van der Waals surface area contributed by atoms with Gasteiger partial charge in [0.2, 0.25) is 0 Å². The van der Waals surface area contributed by atoms with Gasteiger partial charge >= 0.3 is 0 Å². The highest BCUT2D eigenvalue weighted by Gasteiger charge is 2.42. The van der Waals surface area contributed by atoms with E-state index in [1.54, 1.807) is 0 Å². The number of nitrogens with one attached hydrogen (secondary N) is 1. The lowest BCUT2D eigenvalue weighted by atomic mass is 10.0. The first-order valence-corrected chi connectivity index (χ1v) is 5.49. The summed E-state index contributed by atoms with van der Waals surface area (Å²) in [6.07, 6.45) is 3.32. The summed E-state index contributed by atoms with van der Waals surface area (Å²) in [5, 5.41) is 10.5. The Hall–Kier alpha value is -1.28. The van der Waals surface area contributed by atoms with E-state index in [9.17, 15) is 5.11 Å². The number of rotatable bonds is 3. The van der Waals surface area contributed by atoms with E-state index in [0.29, 0.717) is 6.61 Å². The molecule has 1 heterocycles. The van der Waals surface area contributed by atoms with Crippen molar-refractivity contribution < 1.29 is 5.11 Å². The largest absolute Gasteiger partial charge is 0.396 e. The summed E-state index contributed by atoms with van der Waals surface area (Å²) in [6.45, 7) is 0.322. The highest BCUT2D eigenvalue weighted by atomic mass is 16.3. The maximum Gasteiger partial charge on any atom is 0.0491 e. The second kappa shape index (κ2) is 3.11. The van der Waals surface area contributed by atoms with Crippen molar-refractivity contribution in [2.24, 2.45) is 5.41 Å². The molecule has 1 fully saturated rings. The number of aromatic nitrogens is 1. The molecule has 0 saturated heterocycles. The fourth-order valence-corrected chi connectivity index (χ4v) is 2.20. The van der Waals surface area contributed by atoms with Crippen LogP contribution in [0.1, 0.15) is 18.5 Å². The normalized spacial score (nSPS) is 18.2. The first kappa shape index (κ1) is 8.98. The van der Waals surface area contributed by atoms with Gasteiger partial charge in [-0.3, -0.25) is 0 Å². The van der Waals surface area contributed by atoms with E-state index < -0.39 is 0 Å². The first-order valence-electron chi connectivity index (χ1n) is 5.49. The Kier molecular flexibility index (Phi) is 1.86. The van der Waals surface area contributed by atoms with E-state index in [2.05, 4.69) is 29.2 Å².